The minimum Gasteiger partial charge on any atom is -0.166 e. The van der Waals surface area contributed by atoms with Crippen LogP contribution in [-0.4, -0.2) is 5.51 Å². The first kappa shape index (κ1) is 20.8. The molecular weight excluding hydrogens is 419 g/mol. The molecule has 0 bridgehead atoms. The minimum absolute atomic E-state index is 0.0905. The first-order valence-corrected chi connectivity index (χ1v) is 7.71. The zero-order valence-electron chi connectivity index (χ0n) is 12.2. The Morgan fingerprint density at radius 2 is 1.35 bits per heavy atom. The Kier molecular flexibility index (Phi) is 5.49. The molecular formula is C15H6ClF9S. The number of halogens is 10. The van der Waals surface area contributed by atoms with Crippen molar-refractivity contribution in [2.75, 3.05) is 0 Å². The highest BCUT2D eigenvalue weighted by atomic mass is 35.5. The van der Waals surface area contributed by atoms with E-state index >= 15 is 0 Å². The summed E-state index contributed by atoms with van der Waals surface area (Å²) in [5, 5.41) is -0.290. The zero-order valence-corrected chi connectivity index (χ0v) is 13.7. The lowest BCUT2D eigenvalue weighted by Crippen LogP contribution is -2.12. The molecule has 0 radical (unpaired) electrons. The highest BCUT2D eigenvalue weighted by molar-refractivity contribution is 8.00. The second-order valence-corrected chi connectivity index (χ2v) is 6.55. The molecule has 11 heteroatoms. The van der Waals surface area contributed by atoms with Gasteiger partial charge in [-0.15, -0.1) is 0 Å². The number of alkyl halides is 9. The van der Waals surface area contributed by atoms with Gasteiger partial charge in [0.2, 0.25) is 0 Å². The quantitative estimate of drug-likeness (QED) is 0.352. The van der Waals surface area contributed by atoms with E-state index in [1.165, 1.54) is 0 Å². The van der Waals surface area contributed by atoms with Crippen LogP contribution in [0.2, 0.25) is 5.02 Å². The molecule has 0 N–H and O–H groups in total. The average Bonchev–Trinajstić information content (AvgIpc) is 2.42. The van der Waals surface area contributed by atoms with Gasteiger partial charge in [-0.2, -0.15) is 39.5 Å². The molecule has 26 heavy (non-hydrogen) atoms. The van der Waals surface area contributed by atoms with Crippen LogP contribution in [0, 0.1) is 0 Å². The van der Waals surface area contributed by atoms with Crippen LogP contribution in [0.4, 0.5) is 39.5 Å². The highest BCUT2D eigenvalue weighted by Crippen LogP contribution is 2.44. The van der Waals surface area contributed by atoms with Crippen LogP contribution in [0.25, 0.3) is 11.1 Å². The van der Waals surface area contributed by atoms with Gasteiger partial charge in [0.1, 0.15) is 0 Å². The van der Waals surface area contributed by atoms with Crippen LogP contribution in [-0.2, 0) is 12.4 Å². The minimum atomic E-state index is -5.16. The number of hydrogen-bond donors (Lipinski definition) is 0. The van der Waals surface area contributed by atoms with Gasteiger partial charge >= 0.3 is 17.9 Å². The SMILES string of the molecule is FC(F)(F)Sc1cc(Cl)cc(-c2ccc(C(F)(F)F)cc2C(F)(F)F)c1. The van der Waals surface area contributed by atoms with Gasteiger partial charge in [-0.3, -0.25) is 0 Å². The van der Waals surface area contributed by atoms with Crippen LogP contribution >= 0.6 is 23.4 Å². The topological polar surface area (TPSA) is 0 Å². The summed E-state index contributed by atoms with van der Waals surface area (Å²) in [6, 6.07) is 3.50. The van der Waals surface area contributed by atoms with Gasteiger partial charge in [-0.25, -0.2) is 0 Å². The second-order valence-electron chi connectivity index (χ2n) is 4.98. The molecule has 0 aliphatic carbocycles. The van der Waals surface area contributed by atoms with Gasteiger partial charge in [-0.05, 0) is 53.2 Å². The van der Waals surface area contributed by atoms with Crippen LogP contribution in [0.15, 0.2) is 41.3 Å². The van der Waals surface area contributed by atoms with Gasteiger partial charge in [0.05, 0.1) is 11.1 Å². The fourth-order valence-corrected chi connectivity index (χ4v) is 3.06. The molecule has 2 rings (SSSR count). The largest absolute Gasteiger partial charge is 0.446 e. The summed E-state index contributed by atoms with van der Waals surface area (Å²) in [5.41, 5.74) is -8.96. The lowest BCUT2D eigenvalue weighted by molar-refractivity contribution is -0.142. The van der Waals surface area contributed by atoms with Crippen molar-refractivity contribution in [3.8, 4) is 11.1 Å². The first-order chi connectivity index (χ1) is 11.7. The molecule has 0 unspecified atom stereocenters. The molecule has 0 fully saturated rings. The third-order valence-corrected chi connectivity index (χ3v) is 3.99. The maximum atomic E-state index is 13.2. The van der Waals surface area contributed by atoms with E-state index in [0.29, 0.717) is 12.1 Å². The lowest BCUT2D eigenvalue weighted by atomic mass is 9.97. The molecule has 0 spiro atoms. The number of hydrogen-bond acceptors (Lipinski definition) is 1. The number of rotatable bonds is 2. The van der Waals surface area contributed by atoms with E-state index in [-0.39, 0.29) is 16.7 Å². The van der Waals surface area contributed by atoms with Gasteiger partial charge in [0.15, 0.2) is 0 Å². The normalized spacial score (nSPS) is 13.2. The Morgan fingerprint density at radius 1 is 0.731 bits per heavy atom. The molecule has 0 aromatic heterocycles. The molecule has 2 aromatic carbocycles. The summed E-state index contributed by atoms with van der Waals surface area (Å²) < 4.78 is 115. The van der Waals surface area contributed by atoms with Crippen molar-refractivity contribution < 1.29 is 39.5 Å². The Bertz CT molecular complexity index is 806. The van der Waals surface area contributed by atoms with Gasteiger partial charge < -0.3 is 0 Å². The summed E-state index contributed by atoms with van der Waals surface area (Å²) in [6.45, 7) is 0. The Morgan fingerprint density at radius 3 is 1.85 bits per heavy atom. The van der Waals surface area contributed by atoms with Crippen molar-refractivity contribution in [3.05, 3.63) is 52.5 Å². The Labute approximate surface area is 149 Å². The van der Waals surface area contributed by atoms with Gasteiger partial charge in [0, 0.05) is 9.92 Å². The monoisotopic (exact) mass is 424 g/mol. The third kappa shape index (κ3) is 5.23. The summed E-state index contributed by atoms with van der Waals surface area (Å²) >= 11 is 5.06. The fraction of sp³-hybridized carbons (Fsp3) is 0.200. The standard InChI is InChI=1S/C15H6ClF9S/c16-9-3-7(4-10(6-9)26-15(23,24)25)11-2-1-8(13(17,18)19)5-12(11)14(20,21)22/h1-6H. The Balaban J connectivity index is 2.64. The molecule has 0 heterocycles. The smallest absolute Gasteiger partial charge is 0.166 e. The van der Waals surface area contributed by atoms with E-state index in [4.69, 9.17) is 11.6 Å². The number of benzene rings is 2. The highest BCUT2D eigenvalue weighted by Gasteiger charge is 2.38. The molecule has 2 aromatic rings. The van der Waals surface area contributed by atoms with Crippen LogP contribution in [0.5, 0.6) is 0 Å². The summed E-state index contributed by atoms with van der Waals surface area (Å²) in [7, 11) is 0. The number of thioether (sulfide) groups is 1. The summed E-state index contributed by atoms with van der Waals surface area (Å²) in [5.74, 6) is 0. The van der Waals surface area contributed by atoms with Gasteiger partial charge in [-0.1, -0.05) is 17.7 Å². The van der Waals surface area contributed by atoms with Crippen LogP contribution < -0.4 is 0 Å². The predicted molar refractivity (Wildman–Crippen MR) is 78.8 cm³/mol. The molecule has 0 aliphatic rings. The van der Waals surface area contributed by atoms with E-state index in [1.54, 1.807) is 0 Å². The van der Waals surface area contributed by atoms with Crippen molar-refractivity contribution in [1.82, 2.24) is 0 Å². The van der Waals surface area contributed by atoms with Crippen LogP contribution in [0.1, 0.15) is 11.1 Å². The van der Waals surface area contributed by atoms with E-state index in [1.807, 2.05) is 0 Å². The average molecular weight is 425 g/mol. The van der Waals surface area contributed by atoms with Crippen molar-refractivity contribution >= 4 is 23.4 Å². The van der Waals surface area contributed by atoms with E-state index in [2.05, 4.69) is 0 Å². The van der Waals surface area contributed by atoms with Crippen molar-refractivity contribution in [2.45, 2.75) is 22.8 Å². The van der Waals surface area contributed by atoms with Crippen molar-refractivity contribution in [2.24, 2.45) is 0 Å². The molecule has 0 atom stereocenters. The van der Waals surface area contributed by atoms with E-state index in [0.717, 1.165) is 18.2 Å². The lowest BCUT2D eigenvalue weighted by Gasteiger charge is -2.17. The molecule has 142 valence electrons. The van der Waals surface area contributed by atoms with Crippen molar-refractivity contribution in [3.63, 3.8) is 0 Å². The molecule has 0 amide bonds. The van der Waals surface area contributed by atoms with Gasteiger partial charge in [0.25, 0.3) is 0 Å². The Hall–Kier alpha value is -1.55. The maximum absolute atomic E-state index is 13.2. The van der Waals surface area contributed by atoms with E-state index < -0.39 is 51.2 Å². The predicted octanol–water partition coefficient (Wildman–Crippen LogP) is 7.66. The summed E-state index contributed by atoms with van der Waals surface area (Å²) in [4.78, 5) is -0.493. The van der Waals surface area contributed by atoms with Crippen LogP contribution in [0.3, 0.4) is 0 Å². The third-order valence-electron chi connectivity index (χ3n) is 3.07. The maximum Gasteiger partial charge on any atom is 0.446 e. The summed E-state index contributed by atoms with van der Waals surface area (Å²) in [6.07, 6.45) is -10.2. The zero-order chi connectivity index (χ0) is 19.9. The fourth-order valence-electron chi connectivity index (χ4n) is 2.12. The second kappa shape index (κ2) is 6.88. The molecule has 0 nitrogen and oxygen atoms in total. The first-order valence-electron chi connectivity index (χ1n) is 6.52. The molecule has 0 saturated heterocycles. The molecule has 0 aliphatic heterocycles. The van der Waals surface area contributed by atoms with Crippen molar-refractivity contribution in [1.29, 1.82) is 0 Å². The molecule has 0 saturated carbocycles. The van der Waals surface area contributed by atoms with E-state index in [9.17, 15) is 39.5 Å².